The summed E-state index contributed by atoms with van der Waals surface area (Å²) in [6.07, 6.45) is -5.87. The Balaban J connectivity index is 2.56. The molecule has 3 nitrogen and oxygen atoms in total. The van der Waals surface area contributed by atoms with E-state index in [-0.39, 0.29) is 5.69 Å². The molecule has 1 unspecified atom stereocenters. The number of aliphatic hydroxyl groups excluding tert-OH is 1. The van der Waals surface area contributed by atoms with E-state index in [1.54, 1.807) is 0 Å². The lowest BCUT2D eigenvalue weighted by molar-refractivity contribution is -0.154. The number of aliphatic hydroxyl groups is 1. The fourth-order valence-corrected chi connectivity index (χ4v) is 0.781. The van der Waals surface area contributed by atoms with Crippen LogP contribution in [0.2, 0.25) is 0 Å². The van der Waals surface area contributed by atoms with Gasteiger partial charge >= 0.3 is 6.18 Å². The molecule has 0 amide bonds. The number of H-pyrrole nitrogens is 1. The SMILES string of the molecule is OC(CC(F)(F)F)c1ccn[nH]1. The van der Waals surface area contributed by atoms with Gasteiger partial charge in [0, 0.05) is 6.20 Å². The lowest BCUT2D eigenvalue weighted by Gasteiger charge is -2.10. The van der Waals surface area contributed by atoms with E-state index in [0.717, 1.165) is 0 Å². The summed E-state index contributed by atoms with van der Waals surface area (Å²) in [5, 5.41) is 14.6. The predicted molar refractivity (Wildman–Crippen MR) is 34.2 cm³/mol. The van der Waals surface area contributed by atoms with Crippen molar-refractivity contribution < 1.29 is 18.3 Å². The zero-order valence-corrected chi connectivity index (χ0v) is 5.97. The molecule has 1 aromatic heterocycles. The summed E-state index contributed by atoms with van der Waals surface area (Å²) in [4.78, 5) is 0. The van der Waals surface area contributed by atoms with Crippen molar-refractivity contribution in [3.8, 4) is 0 Å². The predicted octanol–water partition coefficient (Wildman–Crippen LogP) is 1.40. The molecule has 1 rings (SSSR count). The van der Waals surface area contributed by atoms with Gasteiger partial charge in [-0.15, -0.1) is 0 Å². The van der Waals surface area contributed by atoms with Crippen LogP contribution in [0.4, 0.5) is 13.2 Å². The maximum absolute atomic E-state index is 11.7. The monoisotopic (exact) mass is 180 g/mol. The van der Waals surface area contributed by atoms with Crippen molar-refractivity contribution in [3.63, 3.8) is 0 Å². The van der Waals surface area contributed by atoms with Gasteiger partial charge in [0.1, 0.15) is 6.10 Å². The smallest absolute Gasteiger partial charge is 0.386 e. The molecule has 0 fully saturated rings. The minimum atomic E-state index is -4.36. The molecule has 0 radical (unpaired) electrons. The standard InChI is InChI=1S/C6H7F3N2O/c7-6(8,9)3-5(12)4-1-2-10-11-4/h1-2,5,12H,3H2,(H,10,11). The van der Waals surface area contributed by atoms with Crippen LogP contribution in [0.1, 0.15) is 18.2 Å². The molecule has 2 N–H and O–H groups in total. The van der Waals surface area contributed by atoms with Gasteiger partial charge in [0.15, 0.2) is 0 Å². The molecule has 1 heterocycles. The van der Waals surface area contributed by atoms with Gasteiger partial charge in [-0.05, 0) is 6.07 Å². The van der Waals surface area contributed by atoms with E-state index in [2.05, 4.69) is 10.2 Å². The molecule has 1 atom stereocenters. The number of halogens is 3. The minimum Gasteiger partial charge on any atom is -0.386 e. The second-order valence-electron chi connectivity index (χ2n) is 2.35. The Kier molecular flexibility index (Phi) is 2.37. The number of aromatic nitrogens is 2. The van der Waals surface area contributed by atoms with Gasteiger partial charge < -0.3 is 5.11 Å². The summed E-state index contributed by atoms with van der Waals surface area (Å²) < 4.78 is 35.1. The molecule has 1 aromatic rings. The first-order valence-electron chi connectivity index (χ1n) is 3.23. The first-order chi connectivity index (χ1) is 5.49. The van der Waals surface area contributed by atoms with Crippen LogP contribution in [0.5, 0.6) is 0 Å². The average molecular weight is 180 g/mol. The second-order valence-corrected chi connectivity index (χ2v) is 2.35. The van der Waals surface area contributed by atoms with Gasteiger partial charge in [0.2, 0.25) is 0 Å². The Hall–Kier alpha value is -1.04. The summed E-state index contributed by atoms with van der Waals surface area (Å²) in [7, 11) is 0. The Morgan fingerprint density at radius 3 is 2.67 bits per heavy atom. The molecule has 0 bridgehead atoms. The van der Waals surface area contributed by atoms with Gasteiger partial charge in [0.05, 0.1) is 12.1 Å². The number of aromatic amines is 1. The molecule has 68 valence electrons. The number of nitrogens with zero attached hydrogens (tertiary/aromatic N) is 1. The van der Waals surface area contributed by atoms with Crippen LogP contribution in [0.3, 0.4) is 0 Å². The molecule has 0 aliphatic carbocycles. The Bertz CT molecular complexity index is 231. The highest BCUT2D eigenvalue weighted by Crippen LogP contribution is 2.27. The van der Waals surface area contributed by atoms with E-state index in [1.807, 2.05) is 0 Å². The number of nitrogens with one attached hydrogen (secondary N) is 1. The van der Waals surface area contributed by atoms with E-state index in [4.69, 9.17) is 5.11 Å². The largest absolute Gasteiger partial charge is 0.391 e. The van der Waals surface area contributed by atoms with Gasteiger partial charge in [-0.1, -0.05) is 0 Å². The van der Waals surface area contributed by atoms with Crippen LogP contribution in [0, 0.1) is 0 Å². The van der Waals surface area contributed by atoms with E-state index < -0.39 is 18.7 Å². The number of rotatable bonds is 2. The molecular formula is C6H7F3N2O. The van der Waals surface area contributed by atoms with E-state index in [0.29, 0.717) is 0 Å². The Labute approximate surface area is 66.2 Å². The van der Waals surface area contributed by atoms with Gasteiger partial charge in [-0.3, -0.25) is 5.10 Å². The second kappa shape index (κ2) is 3.14. The van der Waals surface area contributed by atoms with Crippen LogP contribution >= 0.6 is 0 Å². The van der Waals surface area contributed by atoms with Crippen molar-refractivity contribution in [2.24, 2.45) is 0 Å². The normalized spacial score (nSPS) is 14.7. The zero-order chi connectivity index (χ0) is 9.19. The topological polar surface area (TPSA) is 48.9 Å². The summed E-state index contributed by atoms with van der Waals surface area (Å²) in [6.45, 7) is 0. The fraction of sp³-hybridized carbons (Fsp3) is 0.500. The van der Waals surface area contributed by atoms with Crippen LogP contribution in [-0.2, 0) is 0 Å². The maximum Gasteiger partial charge on any atom is 0.391 e. The van der Waals surface area contributed by atoms with Crippen molar-refractivity contribution in [2.75, 3.05) is 0 Å². The Morgan fingerprint density at radius 1 is 1.58 bits per heavy atom. The molecular weight excluding hydrogens is 173 g/mol. The van der Waals surface area contributed by atoms with E-state index >= 15 is 0 Å². The van der Waals surface area contributed by atoms with Gasteiger partial charge in [-0.2, -0.15) is 18.3 Å². The van der Waals surface area contributed by atoms with Crippen molar-refractivity contribution in [3.05, 3.63) is 18.0 Å². The summed E-state index contributed by atoms with van der Waals surface area (Å²) in [5.41, 5.74) is 0.0762. The van der Waals surface area contributed by atoms with Crippen molar-refractivity contribution in [1.29, 1.82) is 0 Å². The van der Waals surface area contributed by atoms with Gasteiger partial charge in [0.25, 0.3) is 0 Å². The number of hydrogen-bond acceptors (Lipinski definition) is 2. The highest BCUT2D eigenvalue weighted by Gasteiger charge is 2.32. The zero-order valence-electron chi connectivity index (χ0n) is 5.97. The molecule has 0 spiro atoms. The minimum absolute atomic E-state index is 0.0762. The average Bonchev–Trinajstić information content (AvgIpc) is 2.32. The van der Waals surface area contributed by atoms with E-state index in [1.165, 1.54) is 12.3 Å². The van der Waals surface area contributed by atoms with Crippen LogP contribution < -0.4 is 0 Å². The molecule has 0 saturated heterocycles. The third-order valence-electron chi connectivity index (χ3n) is 1.31. The summed E-state index contributed by atoms with van der Waals surface area (Å²) >= 11 is 0. The molecule has 0 saturated carbocycles. The molecule has 12 heavy (non-hydrogen) atoms. The number of hydrogen-bond donors (Lipinski definition) is 2. The quantitative estimate of drug-likeness (QED) is 0.722. The first kappa shape index (κ1) is 9.05. The first-order valence-corrected chi connectivity index (χ1v) is 3.23. The summed E-state index contributed by atoms with van der Waals surface area (Å²) in [6, 6.07) is 1.30. The van der Waals surface area contributed by atoms with Crippen molar-refractivity contribution in [1.82, 2.24) is 10.2 Å². The molecule has 0 aliphatic rings. The highest BCUT2D eigenvalue weighted by atomic mass is 19.4. The van der Waals surface area contributed by atoms with Crippen LogP contribution in [-0.4, -0.2) is 21.5 Å². The van der Waals surface area contributed by atoms with Gasteiger partial charge in [-0.25, -0.2) is 0 Å². The van der Waals surface area contributed by atoms with Crippen molar-refractivity contribution in [2.45, 2.75) is 18.7 Å². The van der Waals surface area contributed by atoms with Crippen LogP contribution in [0.15, 0.2) is 12.3 Å². The maximum atomic E-state index is 11.7. The van der Waals surface area contributed by atoms with E-state index in [9.17, 15) is 13.2 Å². The Morgan fingerprint density at radius 2 is 2.25 bits per heavy atom. The van der Waals surface area contributed by atoms with Crippen LogP contribution in [0.25, 0.3) is 0 Å². The summed E-state index contributed by atoms with van der Waals surface area (Å²) in [5.74, 6) is 0. The molecule has 6 heteroatoms. The lowest BCUT2D eigenvalue weighted by atomic mass is 10.2. The lowest BCUT2D eigenvalue weighted by Crippen LogP contribution is -2.13. The fourth-order valence-electron chi connectivity index (χ4n) is 0.781. The third-order valence-corrected chi connectivity index (χ3v) is 1.31. The molecule has 0 aliphatic heterocycles. The highest BCUT2D eigenvalue weighted by molar-refractivity contribution is 5.01. The molecule has 0 aromatic carbocycles. The van der Waals surface area contributed by atoms with Crippen molar-refractivity contribution >= 4 is 0 Å². The number of alkyl halides is 3. The third kappa shape index (κ3) is 2.54.